The highest BCUT2D eigenvalue weighted by molar-refractivity contribution is 8.00. The molecular formula is C24H32N2O2S. The second kappa shape index (κ2) is 11.1. The molecule has 2 amide bonds. The van der Waals surface area contributed by atoms with Gasteiger partial charge in [0, 0.05) is 17.5 Å². The first-order chi connectivity index (χ1) is 13.8. The Morgan fingerprint density at radius 2 is 1.52 bits per heavy atom. The van der Waals surface area contributed by atoms with Gasteiger partial charge >= 0.3 is 0 Å². The van der Waals surface area contributed by atoms with E-state index in [1.807, 2.05) is 83.1 Å². The number of hydrogen-bond acceptors (Lipinski definition) is 3. The minimum absolute atomic E-state index is 0.0260. The van der Waals surface area contributed by atoms with Crippen molar-refractivity contribution in [3.8, 4) is 0 Å². The Morgan fingerprint density at radius 3 is 2.03 bits per heavy atom. The summed E-state index contributed by atoms with van der Waals surface area (Å²) in [6.45, 7) is 10.3. The van der Waals surface area contributed by atoms with E-state index in [1.54, 1.807) is 4.90 Å². The minimum Gasteiger partial charge on any atom is -0.352 e. The van der Waals surface area contributed by atoms with Gasteiger partial charge < -0.3 is 10.2 Å². The standard InChI is InChI=1S/C24H32N2O2S/c1-6-22(24(28)25-17(2)3)26(15-20-11-7-18(4)8-12-20)23(27)16-29-21-13-9-19(5)10-14-21/h7-14,17,22H,6,15-16H2,1-5H3,(H,25,28)/t22-/m0/s1. The predicted molar refractivity (Wildman–Crippen MR) is 121 cm³/mol. The molecule has 0 unspecified atom stereocenters. The fourth-order valence-electron chi connectivity index (χ4n) is 3.05. The molecule has 1 atom stereocenters. The van der Waals surface area contributed by atoms with Crippen molar-refractivity contribution >= 4 is 23.6 Å². The number of benzene rings is 2. The van der Waals surface area contributed by atoms with Crippen LogP contribution in [0, 0.1) is 13.8 Å². The van der Waals surface area contributed by atoms with Crippen LogP contribution in [0.4, 0.5) is 0 Å². The number of carbonyl (C=O) groups is 2. The quantitative estimate of drug-likeness (QED) is 0.606. The molecule has 2 rings (SSSR count). The zero-order chi connectivity index (χ0) is 21.4. The molecule has 0 heterocycles. The van der Waals surface area contributed by atoms with Crippen LogP contribution in [0.25, 0.3) is 0 Å². The molecule has 0 spiro atoms. The SMILES string of the molecule is CC[C@@H](C(=O)NC(C)C)N(Cc1ccc(C)cc1)C(=O)CSc1ccc(C)cc1. The summed E-state index contributed by atoms with van der Waals surface area (Å²) < 4.78 is 0. The summed E-state index contributed by atoms with van der Waals surface area (Å²) >= 11 is 1.51. The molecule has 4 nitrogen and oxygen atoms in total. The van der Waals surface area contributed by atoms with Crippen molar-refractivity contribution in [3.05, 3.63) is 65.2 Å². The average molecular weight is 413 g/mol. The number of rotatable bonds is 9. The molecule has 156 valence electrons. The van der Waals surface area contributed by atoms with Crippen molar-refractivity contribution in [2.45, 2.75) is 64.6 Å². The molecular weight excluding hydrogens is 380 g/mol. The van der Waals surface area contributed by atoms with Crippen LogP contribution in [0.2, 0.25) is 0 Å². The zero-order valence-corrected chi connectivity index (χ0v) is 18.9. The van der Waals surface area contributed by atoms with Crippen molar-refractivity contribution < 1.29 is 9.59 Å². The van der Waals surface area contributed by atoms with Gasteiger partial charge in [0.25, 0.3) is 0 Å². The summed E-state index contributed by atoms with van der Waals surface area (Å²) in [5, 5.41) is 2.96. The number of aryl methyl sites for hydroxylation is 2. The van der Waals surface area contributed by atoms with E-state index in [2.05, 4.69) is 5.32 Å². The van der Waals surface area contributed by atoms with Gasteiger partial charge in [-0.25, -0.2) is 0 Å². The van der Waals surface area contributed by atoms with E-state index >= 15 is 0 Å². The van der Waals surface area contributed by atoms with Crippen molar-refractivity contribution in [2.24, 2.45) is 0 Å². The van der Waals surface area contributed by atoms with Crippen LogP contribution in [0.1, 0.15) is 43.9 Å². The fraction of sp³-hybridized carbons (Fsp3) is 0.417. The van der Waals surface area contributed by atoms with E-state index in [9.17, 15) is 9.59 Å². The van der Waals surface area contributed by atoms with E-state index < -0.39 is 6.04 Å². The molecule has 0 bridgehead atoms. The van der Waals surface area contributed by atoms with Gasteiger partial charge in [0.05, 0.1) is 5.75 Å². The molecule has 0 aliphatic rings. The predicted octanol–water partition coefficient (Wildman–Crippen LogP) is 4.73. The lowest BCUT2D eigenvalue weighted by molar-refractivity contribution is -0.139. The first kappa shape index (κ1) is 23.0. The van der Waals surface area contributed by atoms with E-state index in [-0.39, 0.29) is 17.9 Å². The Morgan fingerprint density at radius 1 is 0.966 bits per heavy atom. The van der Waals surface area contributed by atoms with E-state index in [1.165, 1.54) is 22.9 Å². The molecule has 0 radical (unpaired) electrons. The minimum atomic E-state index is -0.482. The lowest BCUT2D eigenvalue weighted by Gasteiger charge is -2.31. The van der Waals surface area contributed by atoms with Crippen LogP contribution in [0.5, 0.6) is 0 Å². The third-order valence-corrected chi connectivity index (χ3v) is 5.67. The number of hydrogen-bond donors (Lipinski definition) is 1. The monoisotopic (exact) mass is 412 g/mol. The molecule has 0 saturated carbocycles. The van der Waals surface area contributed by atoms with Crippen molar-refractivity contribution in [1.82, 2.24) is 10.2 Å². The molecule has 0 aliphatic heterocycles. The van der Waals surface area contributed by atoms with Crippen LogP contribution in [0.15, 0.2) is 53.4 Å². The summed E-state index contributed by atoms with van der Waals surface area (Å²) in [4.78, 5) is 28.7. The highest BCUT2D eigenvalue weighted by Gasteiger charge is 2.28. The Kier molecular flexibility index (Phi) is 8.77. The molecule has 5 heteroatoms. The Hall–Kier alpha value is -2.27. The first-order valence-corrected chi connectivity index (χ1v) is 11.1. The fourth-order valence-corrected chi connectivity index (χ4v) is 3.84. The molecule has 29 heavy (non-hydrogen) atoms. The zero-order valence-electron chi connectivity index (χ0n) is 18.1. The smallest absolute Gasteiger partial charge is 0.243 e. The van der Waals surface area contributed by atoms with Crippen LogP contribution in [-0.2, 0) is 16.1 Å². The van der Waals surface area contributed by atoms with Gasteiger partial charge in [0.15, 0.2) is 0 Å². The Bertz CT molecular complexity index is 801. The summed E-state index contributed by atoms with van der Waals surface area (Å²) in [5.74, 6) is 0.186. The first-order valence-electron chi connectivity index (χ1n) is 10.1. The number of nitrogens with one attached hydrogen (secondary N) is 1. The van der Waals surface area contributed by atoms with Gasteiger partial charge in [-0.3, -0.25) is 9.59 Å². The van der Waals surface area contributed by atoms with E-state index in [0.29, 0.717) is 18.7 Å². The number of amides is 2. The molecule has 0 saturated heterocycles. The highest BCUT2D eigenvalue weighted by Crippen LogP contribution is 2.21. The summed E-state index contributed by atoms with van der Waals surface area (Å²) in [7, 11) is 0. The maximum absolute atomic E-state index is 13.2. The van der Waals surface area contributed by atoms with Crippen LogP contribution in [-0.4, -0.2) is 34.6 Å². The van der Waals surface area contributed by atoms with Gasteiger partial charge in [-0.15, -0.1) is 11.8 Å². The van der Waals surface area contributed by atoms with Gasteiger partial charge in [0.2, 0.25) is 11.8 Å². The highest BCUT2D eigenvalue weighted by atomic mass is 32.2. The van der Waals surface area contributed by atoms with Crippen molar-refractivity contribution in [1.29, 1.82) is 0 Å². The molecule has 1 N–H and O–H groups in total. The molecule has 0 aromatic heterocycles. The third kappa shape index (κ3) is 7.24. The molecule has 2 aromatic rings. The second-order valence-electron chi connectivity index (χ2n) is 7.70. The number of carbonyl (C=O) groups excluding carboxylic acids is 2. The maximum Gasteiger partial charge on any atom is 0.243 e. The van der Waals surface area contributed by atoms with E-state index in [4.69, 9.17) is 0 Å². The van der Waals surface area contributed by atoms with Gasteiger partial charge in [0.1, 0.15) is 6.04 Å². The maximum atomic E-state index is 13.2. The van der Waals surface area contributed by atoms with Crippen LogP contribution < -0.4 is 5.32 Å². The van der Waals surface area contributed by atoms with Gasteiger partial charge in [-0.2, -0.15) is 0 Å². The van der Waals surface area contributed by atoms with Crippen LogP contribution in [0.3, 0.4) is 0 Å². The van der Waals surface area contributed by atoms with Crippen molar-refractivity contribution in [3.63, 3.8) is 0 Å². The third-order valence-electron chi connectivity index (χ3n) is 4.67. The summed E-state index contributed by atoms with van der Waals surface area (Å²) in [6, 6.07) is 15.8. The molecule has 0 fully saturated rings. The van der Waals surface area contributed by atoms with E-state index in [0.717, 1.165) is 10.5 Å². The average Bonchev–Trinajstić information content (AvgIpc) is 2.68. The molecule has 2 aromatic carbocycles. The Balaban J connectivity index is 2.18. The normalized spacial score (nSPS) is 11.9. The summed E-state index contributed by atoms with van der Waals surface area (Å²) in [6.07, 6.45) is 0.575. The Labute approximate surface area is 179 Å². The van der Waals surface area contributed by atoms with Gasteiger partial charge in [-0.1, -0.05) is 54.4 Å². The topological polar surface area (TPSA) is 49.4 Å². The number of thioether (sulfide) groups is 1. The number of nitrogens with zero attached hydrogens (tertiary/aromatic N) is 1. The largest absolute Gasteiger partial charge is 0.352 e. The lowest BCUT2D eigenvalue weighted by atomic mass is 10.1. The molecule has 0 aliphatic carbocycles. The van der Waals surface area contributed by atoms with Crippen LogP contribution >= 0.6 is 11.8 Å². The lowest BCUT2D eigenvalue weighted by Crippen LogP contribution is -2.50. The van der Waals surface area contributed by atoms with Crippen molar-refractivity contribution in [2.75, 3.05) is 5.75 Å². The van der Waals surface area contributed by atoms with Gasteiger partial charge in [-0.05, 0) is 51.8 Å². The summed E-state index contributed by atoms with van der Waals surface area (Å²) in [5.41, 5.74) is 3.39. The second-order valence-corrected chi connectivity index (χ2v) is 8.75.